The fraction of sp³-hybridized carbons (Fsp3) is 0.238. The van der Waals surface area contributed by atoms with Gasteiger partial charge in [0.1, 0.15) is 23.0 Å². The number of rotatable bonds is 10. The first-order valence-electron chi connectivity index (χ1n) is 10.4. The number of azo groups is 1. The van der Waals surface area contributed by atoms with Crippen molar-refractivity contribution in [1.29, 1.82) is 0 Å². The van der Waals surface area contributed by atoms with E-state index in [-0.39, 0.29) is 33.1 Å². The zero-order valence-electron chi connectivity index (χ0n) is 19.5. The van der Waals surface area contributed by atoms with Crippen molar-refractivity contribution in [3.63, 3.8) is 0 Å². The zero-order valence-corrected chi connectivity index (χ0v) is 21.9. The fourth-order valence-corrected chi connectivity index (χ4v) is 5.35. The average molecular weight is 574 g/mol. The predicted octanol–water partition coefficient (Wildman–Crippen LogP) is 3.43. The van der Waals surface area contributed by atoms with E-state index >= 15 is 0 Å². The lowest BCUT2D eigenvalue weighted by Gasteiger charge is -2.14. The Kier molecular flexibility index (Phi) is 8.21. The monoisotopic (exact) mass is 573 g/mol. The topological polar surface area (TPSA) is 209 Å². The smallest absolute Gasteiger partial charge is 0.397 e. The number of phenols is 1. The van der Waals surface area contributed by atoms with E-state index in [1.54, 1.807) is 26.0 Å². The molecule has 0 heterocycles. The highest BCUT2D eigenvalue weighted by atomic mass is 32.3. The van der Waals surface area contributed by atoms with Crippen molar-refractivity contribution < 1.29 is 43.6 Å². The van der Waals surface area contributed by atoms with E-state index in [1.807, 2.05) is 0 Å². The van der Waals surface area contributed by atoms with Gasteiger partial charge >= 0.3 is 10.4 Å². The molecule has 3 aromatic rings. The number of anilines is 1. The molecule has 0 aliphatic carbocycles. The van der Waals surface area contributed by atoms with E-state index < -0.39 is 48.6 Å². The summed E-state index contributed by atoms with van der Waals surface area (Å²) in [6, 6.07) is 10.3. The summed E-state index contributed by atoms with van der Waals surface area (Å²) in [6.45, 7) is 2.61. The second-order valence-electron chi connectivity index (χ2n) is 7.87. The summed E-state index contributed by atoms with van der Waals surface area (Å²) < 4.78 is 91.5. The normalized spacial score (nSPS) is 12.9. The van der Waals surface area contributed by atoms with Crippen molar-refractivity contribution in [2.45, 2.75) is 18.7 Å². The Hall–Kier alpha value is -3.15. The van der Waals surface area contributed by atoms with E-state index in [0.717, 1.165) is 5.56 Å². The van der Waals surface area contributed by atoms with Crippen LogP contribution in [0.2, 0.25) is 0 Å². The number of nitrogens with one attached hydrogen (secondary N) is 1. The van der Waals surface area contributed by atoms with Crippen LogP contribution in [-0.2, 0) is 34.5 Å². The number of sulfone groups is 1. The van der Waals surface area contributed by atoms with Gasteiger partial charge in [0.15, 0.2) is 9.84 Å². The van der Waals surface area contributed by atoms with Gasteiger partial charge in [-0.1, -0.05) is 24.3 Å². The number of hydrogen-bond donors (Lipinski definition) is 4. The van der Waals surface area contributed by atoms with Gasteiger partial charge in [-0.05, 0) is 48.6 Å². The van der Waals surface area contributed by atoms with Gasteiger partial charge in [0.05, 0.1) is 28.3 Å². The summed E-state index contributed by atoms with van der Waals surface area (Å²) in [5.41, 5.74) is 1.21. The lowest BCUT2D eigenvalue weighted by atomic mass is 9.99. The van der Waals surface area contributed by atoms with Crippen LogP contribution in [0, 0.1) is 13.8 Å². The van der Waals surface area contributed by atoms with Crippen molar-refractivity contribution >= 4 is 58.2 Å². The SMILES string of the molecule is Cc1cc2ccc(NCS(=O)(=O)O)c(N=Nc3ccccc3S(=O)(=O)CCOS(=O)(=O)O)c2c(O)c1C. The van der Waals surface area contributed by atoms with Gasteiger partial charge in [0.2, 0.25) is 0 Å². The Morgan fingerprint density at radius 3 is 2.27 bits per heavy atom. The first-order valence-corrected chi connectivity index (χ1v) is 15.0. The molecule has 0 amide bonds. The maximum absolute atomic E-state index is 12.8. The standard InChI is InChI=1S/C21H23N3O10S3/c1-13-11-15-7-8-17(22-12-36(28,29)30)20(19(15)21(25)14(13)2)24-23-16-5-3-4-6-18(16)35(26,27)10-9-34-37(31,32)33/h3-8,11,22,25H,9-10,12H2,1-2H3,(H,28,29,30)(H,31,32,33). The molecule has 37 heavy (non-hydrogen) atoms. The van der Waals surface area contributed by atoms with E-state index in [9.17, 15) is 30.4 Å². The van der Waals surface area contributed by atoms with Crippen LogP contribution in [0.25, 0.3) is 10.8 Å². The van der Waals surface area contributed by atoms with Crippen molar-refractivity contribution in [2.24, 2.45) is 10.2 Å². The van der Waals surface area contributed by atoms with Crippen LogP contribution >= 0.6 is 0 Å². The van der Waals surface area contributed by atoms with Gasteiger partial charge in [-0.15, -0.1) is 10.2 Å². The molecular formula is C21H23N3O10S3. The number of aryl methyl sites for hydroxylation is 1. The van der Waals surface area contributed by atoms with Crippen LogP contribution in [0.15, 0.2) is 57.6 Å². The van der Waals surface area contributed by atoms with E-state index in [4.69, 9.17) is 9.11 Å². The molecule has 3 aromatic carbocycles. The minimum atomic E-state index is -4.84. The summed E-state index contributed by atoms with van der Waals surface area (Å²) in [7, 11) is -13.4. The molecule has 0 spiro atoms. The maximum atomic E-state index is 12.8. The molecule has 3 rings (SSSR count). The quantitative estimate of drug-likeness (QED) is 0.204. The third-order valence-electron chi connectivity index (χ3n) is 5.25. The molecule has 0 aliphatic rings. The number of hydrogen-bond acceptors (Lipinski definition) is 11. The van der Waals surface area contributed by atoms with Crippen LogP contribution in [0.4, 0.5) is 17.1 Å². The number of aromatic hydroxyl groups is 1. The molecule has 0 bridgehead atoms. The van der Waals surface area contributed by atoms with Crippen molar-refractivity contribution in [2.75, 3.05) is 23.6 Å². The minimum Gasteiger partial charge on any atom is -0.507 e. The van der Waals surface area contributed by atoms with Gasteiger partial charge in [-0.3, -0.25) is 9.11 Å². The largest absolute Gasteiger partial charge is 0.507 e. The summed E-state index contributed by atoms with van der Waals surface area (Å²) in [5.74, 6) is -1.82. The summed E-state index contributed by atoms with van der Waals surface area (Å²) in [6.07, 6.45) is 0. The molecule has 200 valence electrons. The Morgan fingerprint density at radius 2 is 1.62 bits per heavy atom. The second-order valence-corrected chi connectivity index (χ2v) is 12.5. The molecule has 0 radical (unpaired) electrons. The van der Waals surface area contributed by atoms with Crippen LogP contribution in [0.3, 0.4) is 0 Å². The van der Waals surface area contributed by atoms with Crippen LogP contribution in [0.1, 0.15) is 11.1 Å². The molecule has 0 unspecified atom stereocenters. The summed E-state index contributed by atoms with van der Waals surface area (Å²) in [5, 5.41) is 22.2. The third kappa shape index (κ3) is 7.21. The van der Waals surface area contributed by atoms with Crippen LogP contribution in [0.5, 0.6) is 5.75 Å². The van der Waals surface area contributed by atoms with Crippen molar-refractivity contribution in [3.8, 4) is 5.75 Å². The molecule has 4 N–H and O–H groups in total. The molecule has 0 atom stereocenters. The van der Waals surface area contributed by atoms with E-state index in [0.29, 0.717) is 10.9 Å². The number of nitrogens with zero attached hydrogens (tertiary/aromatic N) is 2. The Morgan fingerprint density at radius 1 is 0.946 bits per heavy atom. The van der Waals surface area contributed by atoms with Gasteiger partial charge in [-0.25, -0.2) is 12.6 Å². The van der Waals surface area contributed by atoms with Crippen LogP contribution < -0.4 is 5.32 Å². The number of phenolic OH excluding ortho intramolecular Hbond substituents is 1. The van der Waals surface area contributed by atoms with Crippen molar-refractivity contribution in [1.82, 2.24) is 0 Å². The van der Waals surface area contributed by atoms with E-state index in [2.05, 4.69) is 19.7 Å². The summed E-state index contributed by atoms with van der Waals surface area (Å²) >= 11 is 0. The molecular weight excluding hydrogens is 550 g/mol. The van der Waals surface area contributed by atoms with Crippen molar-refractivity contribution in [3.05, 3.63) is 53.6 Å². The van der Waals surface area contributed by atoms with Gasteiger partial charge in [-0.2, -0.15) is 16.8 Å². The highest BCUT2D eigenvalue weighted by molar-refractivity contribution is 7.91. The Balaban J connectivity index is 2.13. The molecule has 0 saturated heterocycles. The molecule has 0 aliphatic heterocycles. The molecule has 13 nitrogen and oxygen atoms in total. The maximum Gasteiger partial charge on any atom is 0.397 e. The number of benzene rings is 3. The molecule has 0 aromatic heterocycles. The first kappa shape index (κ1) is 28.4. The molecule has 16 heteroatoms. The van der Waals surface area contributed by atoms with Gasteiger partial charge < -0.3 is 10.4 Å². The predicted molar refractivity (Wildman–Crippen MR) is 135 cm³/mol. The fourth-order valence-electron chi connectivity index (χ4n) is 3.37. The Bertz CT molecular complexity index is 1700. The van der Waals surface area contributed by atoms with Gasteiger partial charge in [0, 0.05) is 0 Å². The average Bonchev–Trinajstić information content (AvgIpc) is 2.78. The molecule has 0 saturated carbocycles. The lowest BCUT2D eigenvalue weighted by Crippen LogP contribution is -2.15. The molecule has 0 fully saturated rings. The Labute approximate surface area is 213 Å². The lowest BCUT2D eigenvalue weighted by molar-refractivity contribution is 0.284. The third-order valence-corrected chi connectivity index (χ3v) is 7.95. The highest BCUT2D eigenvalue weighted by Gasteiger charge is 2.21. The van der Waals surface area contributed by atoms with E-state index in [1.165, 1.54) is 30.3 Å². The summed E-state index contributed by atoms with van der Waals surface area (Å²) in [4.78, 5) is -0.318. The number of fused-ring (bicyclic) bond motifs is 1. The highest BCUT2D eigenvalue weighted by Crippen LogP contribution is 2.43. The first-order chi connectivity index (χ1) is 17.1. The second kappa shape index (κ2) is 10.7. The zero-order chi connectivity index (χ0) is 27.6. The van der Waals surface area contributed by atoms with Gasteiger partial charge in [0.25, 0.3) is 10.1 Å². The van der Waals surface area contributed by atoms with Crippen LogP contribution in [-0.4, -0.2) is 57.7 Å². The minimum absolute atomic E-state index is 0.0244.